The maximum Gasteiger partial charge on any atom is 0.0726 e. The van der Waals surface area contributed by atoms with Crippen molar-refractivity contribution in [3.63, 3.8) is 0 Å². The van der Waals surface area contributed by atoms with Crippen molar-refractivity contribution >= 4 is 0 Å². The molecule has 1 heterocycles. The van der Waals surface area contributed by atoms with E-state index < -0.39 is 0 Å². The van der Waals surface area contributed by atoms with E-state index in [-0.39, 0.29) is 0 Å². The van der Waals surface area contributed by atoms with E-state index in [1.807, 2.05) is 7.11 Å². The lowest BCUT2D eigenvalue weighted by Crippen LogP contribution is -2.46. The van der Waals surface area contributed by atoms with E-state index in [0.29, 0.717) is 12.1 Å². The van der Waals surface area contributed by atoms with E-state index in [1.165, 1.54) is 58.2 Å². The number of hydrogen-bond acceptors (Lipinski definition) is 3. The van der Waals surface area contributed by atoms with Crippen LogP contribution in [-0.4, -0.2) is 49.8 Å². The fourth-order valence-electron chi connectivity index (χ4n) is 3.40. The van der Waals surface area contributed by atoms with Gasteiger partial charge in [-0.15, -0.1) is 0 Å². The third-order valence-electron chi connectivity index (χ3n) is 4.50. The molecule has 0 radical (unpaired) electrons. The van der Waals surface area contributed by atoms with Crippen molar-refractivity contribution in [1.82, 2.24) is 10.2 Å². The van der Waals surface area contributed by atoms with Crippen LogP contribution in [0.5, 0.6) is 0 Å². The lowest BCUT2D eigenvalue weighted by molar-refractivity contribution is 0.0285. The molecule has 17 heavy (non-hydrogen) atoms. The minimum absolute atomic E-state index is 0.488. The van der Waals surface area contributed by atoms with Crippen LogP contribution in [0, 0.1) is 0 Å². The molecule has 3 nitrogen and oxygen atoms in total. The lowest BCUT2D eigenvalue weighted by Gasteiger charge is -2.35. The molecule has 2 aliphatic rings. The van der Waals surface area contributed by atoms with Crippen molar-refractivity contribution in [2.45, 2.75) is 63.6 Å². The van der Waals surface area contributed by atoms with E-state index in [4.69, 9.17) is 4.74 Å². The molecule has 1 aliphatic heterocycles. The zero-order chi connectivity index (χ0) is 12.1. The highest BCUT2D eigenvalue weighted by molar-refractivity contribution is 4.87. The van der Waals surface area contributed by atoms with Gasteiger partial charge < -0.3 is 10.1 Å². The first-order chi connectivity index (χ1) is 8.35. The van der Waals surface area contributed by atoms with Gasteiger partial charge in [0.1, 0.15) is 0 Å². The summed E-state index contributed by atoms with van der Waals surface area (Å²) in [5, 5.41) is 3.65. The van der Waals surface area contributed by atoms with Crippen molar-refractivity contribution in [3.8, 4) is 0 Å². The molecule has 0 aromatic heterocycles. The van der Waals surface area contributed by atoms with Crippen molar-refractivity contribution in [2.75, 3.05) is 26.7 Å². The fraction of sp³-hybridized carbons (Fsp3) is 1.00. The highest BCUT2D eigenvalue weighted by Gasteiger charge is 2.32. The number of methoxy groups -OCH3 is 1. The second-order valence-corrected chi connectivity index (χ2v) is 5.51. The van der Waals surface area contributed by atoms with Gasteiger partial charge in [-0.3, -0.25) is 4.90 Å². The first kappa shape index (κ1) is 13.3. The molecule has 2 fully saturated rings. The molecule has 1 N–H and O–H groups in total. The largest absolute Gasteiger partial charge is 0.380 e. The van der Waals surface area contributed by atoms with Gasteiger partial charge in [0, 0.05) is 25.7 Å². The van der Waals surface area contributed by atoms with Gasteiger partial charge in [-0.05, 0) is 51.6 Å². The third kappa shape index (κ3) is 3.43. The van der Waals surface area contributed by atoms with Gasteiger partial charge in [-0.1, -0.05) is 6.92 Å². The predicted octanol–water partition coefficient (Wildman–Crippen LogP) is 2.02. The summed E-state index contributed by atoms with van der Waals surface area (Å²) in [5.74, 6) is 0. The standard InChI is InChI=1S/C14H28N2O/c1-3-12-8-11-16(10-5-9-15-12)13-6-4-7-14(13)17-2/h12-15H,3-11H2,1-2H3. The Morgan fingerprint density at radius 2 is 2.06 bits per heavy atom. The van der Waals surface area contributed by atoms with Gasteiger partial charge in [0.2, 0.25) is 0 Å². The highest BCUT2D eigenvalue weighted by Crippen LogP contribution is 2.27. The smallest absolute Gasteiger partial charge is 0.0726 e. The molecule has 2 rings (SSSR count). The molecule has 1 saturated heterocycles. The van der Waals surface area contributed by atoms with Gasteiger partial charge >= 0.3 is 0 Å². The average Bonchev–Trinajstić information content (AvgIpc) is 2.77. The second-order valence-electron chi connectivity index (χ2n) is 5.51. The van der Waals surface area contributed by atoms with E-state index in [2.05, 4.69) is 17.1 Å². The normalized spacial score (nSPS) is 36.7. The van der Waals surface area contributed by atoms with Crippen LogP contribution in [0.25, 0.3) is 0 Å². The van der Waals surface area contributed by atoms with E-state index >= 15 is 0 Å². The van der Waals surface area contributed by atoms with E-state index in [0.717, 1.165) is 6.04 Å². The Morgan fingerprint density at radius 1 is 1.18 bits per heavy atom. The van der Waals surface area contributed by atoms with Gasteiger partial charge in [0.15, 0.2) is 0 Å². The molecule has 1 saturated carbocycles. The van der Waals surface area contributed by atoms with Crippen molar-refractivity contribution in [2.24, 2.45) is 0 Å². The van der Waals surface area contributed by atoms with Gasteiger partial charge in [-0.25, -0.2) is 0 Å². The number of hydrogen-bond donors (Lipinski definition) is 1. The number of rotatable bonds is 3. The van der Waals surface area contributed by atoms with Crippen LogP contribution < -0.4 is 5.32 Å². The molecule has 3 unspecified atom stereocenters. The van der Waals surface area contributed by atoms with Crippen LogP contribution in [-0.2, 0) is 4.74 Å². The quantitative estimate of drug-likeness (QED) is 0.817. The lowest BCUT2D eigenvalue weighted by atomic mass is 10.1. The fourth-order valence-corrected chi connectivity index (χ4v) is 3.40. The summed E-state index contributed by atoms with van der Waals surface area (Å²) >= 11 is 0. The Kier molecular flexibility index (Phi) is 5.26. The molecule has 0 aromatic rings. The summed E-state index contributed by atoms with van der Waals surface area (Å²) in [6, 6.07) is 1.41. The van der Waals surface area contributed by atoms with Crippen molar-refractivity contribution in [3.05, 3.63) is 0 Å². The first-order valence-electron chi connectivity index (χ1n) is 7.35. The maximum absolute atomic E-state index is 5.64. The van der Waals surface area contributed by atoms with Crippen LogP contribution in [0.4, 0.5) is 0 Å². The van der Waals surface area contributed by atoms with E-state index in [9.17, 15) is 0 Å². The SMILES string of the molecule is CCC1CCN(C2CCCC2OC)CCCN1. The van der Waals surface area contributed by atoms with Crippen LogP contribution in [0.15, 0.2) is 0 Å². The Hall–Kier alpha value is -0.120. The van der Waals surface area contributed by atoms with Gasteiger partial charge in [0.25, 0.3) is 0 Å². The van der Waals surface area contributed by atoms with Crippen molar-refractivity contribution in [1.29, 1.82) is 0 Å². The van der Waals surface area contributed by atoms with Gasteiger partial charge in [0.05, 0.1) is 6.10 Å². The summed E-state index contributed by atoms with van der Waals surface area (Å²) in [7, 11) is 1.88. The molecule has 100 valence electrons. The predicted molar refractivity (Wildman–Crippen MR) is 71.3 cm³/mol. The van der Waals surface area contributed by atoms with Gasteiger partial charge in [-0.2, -0.15) is 0 Å². The first-order valence-corrected chi connectivity index (χ1v) is 7.35. The van der Waals surface area contributed by atoms with Crippen LogP contribution >= 0.6 is 0 Å². The highest BCUT2D eigenvalue weighted by atomic mass is 16.5. The zero-order valence-corrected chi connectivity index (χ0v) is 11.5. The summed E-state index contributed by atoms with van der Waals surface area (Å²) in [5.41, 5.74) is 0. The number of nitrogens with one attached hydrogen (secondary N) is 1. The summed E-state index contributed by atoms with van der Waals surface area (Å²) in [6.07, 6.45) is 8.26. The minimum atomic E-state index is 0.488. The Labute approximate surface area is 106 Å². The average molecular weight is 240 g/mol. The molecule has 0 bridgehead atoms. The molecule has 0 amide bonds. The zero-order valence-electron chi connectivity index (χ0n) is 11.5. The summed E-state index contributed by atoms with van der Waals surface area (Å²) in [6.45, 7) is 5.96. The molecule has 3 heteroatoms. The summed E-state index contributed by atoms with van der Waals surface area (Å²) < 4.78 is 5.64. The van der Waals surface area contributed by atoms with Crippen LogP contribution in [0.3, 0.4) is 0 Å². The minimum Gasteiger partial charge on any atom is -0.380 e. The maximum atomic E-state index is 5.64. The number of ether oxygens (including phenoxy) is 1. The van der Waals surface area contributed by atoms with Crippen LogP contribution in [0.2, 0.25) is 0 Å². The molecule has 0 aromatic carbocycles. The Bertz CT molecular complexity index is 222. The molecule has 3 atom stereocenters. The van der Waals surface area contributed by atoms with Crippen molar-refractivity contribution < 1.29 is 4.74 Å². The number of nitrogens with zero attached hydrogens (tertiary/aromatic N) is 1. The Balaban J connectivity index is 1.89. The molecular weight excluding hydrogens is 212 g/mol. The monoisotopic (exact) mass is 240 g/mol. The third-order valence-corrected chi connectivity index (χ3v) is 4.50. The van der Waals surface area contributed by atoms with Crippen LogP contribution in [0.1, 0.15) is 45.4 Å². The molecular formula is C14H28N2O. The topological polar surface area (TPSA) is 24.5 Å². The molecule has 0 spiro atoms. The van der Waals surface area contributed by atoms with E-state index in [1.54, 1.807) is 0 Å². The molecule has 1 aliphatic carbocycles. The second kappa shape index (κ2) is 6.72. The Morgan fingerprint density at radius 3 is 2.82 bits per heavy atom. The summed E-state index contributed by atoms with van der Waals surface area (Å²) in [4.78, 5) is 2.70.